The summed E-state index contributed by atoms with van der Waals surface area (Å²) < 4.78 is 35.6. The maximum absolute atomic E-state index is 14.3. The van der Waals surface area contributed by atoms with Crippen molar-refractivity contribution in [2.45, 2.75) is 88.2 Å². The number of carbonyl (C=O) groups excluding carboxylic acids is 7. The fourth-order valence-electron chi connectivity index (χ4n) is 8.28. The lowest BCUT2D eigenvalue weighted by atomic mass is 9.98. The Bertz CT molecular complexity index is 2590. The number of benzene rings is 4. The van der Waals surface area contributed by atoms with Crippen LogP contribution in [0.5, 0.6) is 0 Å². The number of primary amides is 1. The number of rotatable bonds is 20. The Hall–Kier alpha value is -7.14. The molecule has 0 radical (unpaired) electrons. The Balaban J connectivity index is 1.01. The van der Waals surface area contributed by atoms with Crippen molar-refractivity contribution in [3.05, 3.63) is 143 Å². The van der Waals surface area contributed by atoms with Crippen molar-refractivity contribution >= 4 is 60.0 Å². The minimum atomic E-state index is -4.18. The first kappa shape index (κ1) is 48.8. The summed E-state index contributed by atoms with van der Waals surface area (Å²) >= 11 is 0. The normalized spacial score (nSPS) is 17.5. The van der Waals surface area contributed by atoms with Crippen LogP contribution < -0.4 is 21.7 Å². The van der Waals surface area contributed by atoms with Gasteiger partial charge in [0.25, 0.3) is 5.91 Å². The van der Waals surface area contributed by atoms with Crippen molar-refractivity contribution in [3.8, 4) is 0 Å². The predicted molar refractivity (Wildman–Crippen MR) is 247 cm³/mol. The van der Waals surface area contributed by atoms with E-state index in [9.17, 15) is 38.1 Å². The Morgan fingerprint density at radius 3 is 2.00 bits per heavy atom. The zero-order valence-corrected chi connectivity index (χ0v) is 38.0. The highest BCUT2D eigenvalue weighted by atomic mass is 31.2. The minimum Gasteiger partial charge on any atom is -0.434 e. The topological polar surface area (TPSA) is 255 Å². The molecule has 2 aliphatic rings. The molecule has 2 aliphatic heterocycles. The fraction of sp³-hybridized carbons (Fsp3) is 0.327. The number of fused-ring (bicyclic) bond motifs is 2. The van der Waals surface area contributed by atoms with Gasteiger partial charge >= 0.3 is 19.5 Å². The first-order valence-electron chi connectivity index (χ1n) is 22.3. The van der Waals surface area contributed by atoms with Crippen LogP contribution in [0.3, 0.4) is 0 Å². The van der Waals surface area contributed by atoms with Gasteiger partial charge in [0.05, 0.1) is 17.3 Å². The average molecular weight is 949 g/mol. The molecule has 18 nitrogen and oxygen atoms in total. The number of H-pyrrole nitrogens is 1. The molecular weight excluding hydrogens is 896 g/mol. The molecule has 2 unspecified atom stereocenters. The van der Waals surface area contributed by atoms with Crippen molar-refractivity contribution < 1.29 is 56.6 Å². The van der Waals surface area contributed by atoms with E-state index in [0.29, 0.717) is 48.6 Å². The predicted octanol–water partition coefficient (Wildman–Crippen LogP) is 5.62. The second-order valence-electron chi connectivity index (χ2n) is 16.5. The molecule has 68 heavy (non-hydrogen) atoms. The summed E-state index contributed by atoms with van der Waals surface area (Å²) in [4.78, 5) is 96.9. The van der Waals surface area contributed by atoms with Gasteiger partial charge in [0.2, 0.25) is 37.2 Å². The number of carbonyl (C=O) groups is 7. The van der Waals surface area contributed by atoms with Crippen LogP contribution in [0.25, 0.3) is 10.9 Å². The third-order valence-corrected chi connectivity index (χ3v) is 13.5. The van der Waals surface area contributed by atoms with E-state index in [1.807, 2.05) is 30.3 Å². The van der Waals surface area contributed by atoms with E-state index >= 15 is 0 Å². The van der Waals surface area contributed by atoms with Crippen molar-refractivity contribution in [1.82, 2.24) is 25.8 Å². The van der Waals surface area contributed by atoms with Gasteiger partial charge < -0.3 is 41.0 Å². The summed E-state index contributed by atoms with van der Waals surface area (Å²) in [6.07, 6.45) is 2.81. The number of ether oxygens (including phenoxy) is 2. The third-order valence-electron chi connectivity index (χ3n) is 11.8. The summed E-state index contributed by atoms with van der Waals surface area (Å²) in [7, 11) is -4.18. The molecular formula is C49H53N6O12P. The Morgan fingerprint density at radius 1 is 0.750 bits per heavy atom. The monoisotopic (exact) mass is 948 g/mol. The lowest BCUT2D eigenvalue weighted by Crippen LogP contribution is -2.58. The molecule has 4 atom stereocenters. The first-order valence-corrected chi connectivity index (χ1v) is 24.1. The lowest BCUT2D eigenvalue weighted by molar-refractivity contribution is -0.143. The Labute approximate surface area is 392 Å². The number of esters is 2. The average Bonchev–Trinajstić information content (AvgIpc) is 3.97. The molecule has 6 N–H and O–H groups in total. The van der Waals surface area contributed by atoms with Gasteiger partial charge in [-0.05, 0) is 85.7 Å². The van der Waals surface area contributed by atoms with E-state index in [4.69, 9.17) is 24.3 Å². The quantitative estimate of drug-likeness (QED) is 0.0362. The largest absolute Gasteiger partial charge is 0.434 e. The number of aromatic amines is 1. The van der Waals surface area contributed by atoms with Gasteiger partial charge in [-0.2, -0.15) is 0 Å². The molecule has 2 fully saturated rings. The van der Waals surface area contributed by atoms with Crippen molar-refractivity contribution in [1.29, 1.82) is 0 Å². The van der Waals surface area contributed by atoms with Crippen molar-refractivity contribution in [3.63, 3.8) is 0 Å². The fourth-order valence-corrected chi connectivity index (χ4v) is 9.61. The standard InChI is InChI=1S/C49H53N6O12P/c50-43(56)25-23-39(44(57)51-28-32-12-4-1-5-13-32)53-46(59)42-24-21-37-18-10-11-19-40(47(60)55(37)42)54-45(58)41-27-36-26-33(20-22-38(36)52-41)29-68(63,66-30-64-48(61)34-14-6-2-7-15-34)67-31-65-49(62)35-16-8-3-9-17-35/h1-9,12-17,20,22,26-27,37,39-40,42,52H,10-11,18-19,21,23-25,28-31H2,(H2,50,56)(H,51,57)(H,53,59)(H,54,58)/t37?,39?,40-,42-/m0/s1. The van der Waals surface area contributed by atoms with E-state index in [-0.39, 0.29) is 48.4 Å². The number of nitrogens with one attached hydrogen (secondary N) is 4. The maximum atomic E-state index is 14.3. The Kier molecular flexibility index (Phi) is 16.5. The highest BCUT2D eigenvalue weighted by molar-refractivity contribution is 7.53. The van der Waals surface area contributed by atoms with Crippen molar-refractivity contribution in [2.75, 3.05) is 13.6 Å². The van der Waals surface area contributed by atoms with Gasteiger partial charge in [-0.25, -0.2) is 9.59 Å². The molecule has 0 aliphatic carbocycles. The zero-order chi connectivity index (χ0) is 48.0. The van der Waals surface area contributed by atoms with Gasteiger partial charge in [0.1, 0.15) is 23.8 Å². The SMILES string of the molecule is NC(=O)CCC(NC(=O)[C@@H]1CCC2CCCC[C@H](NC(=O)c3cc4cc(CP(=O)(OCOC(=O)c5ccccc5)OCOC(=O)c5ccccc5)ccc4[nH]3)C(=O)N21)C(=O)NCc1ccccc1. The molecule has 356 valence electrons. The third kappa shape index (κ3) is 13.1. The van der Waals surface area contributed by atoms with E-state index in [2.05, 4.69) is 20.9 Å². The van der Waals surface area contributed by atoms with E-state index in [1.165, 1.54) is 4.90 Å². The molecule has 3 heterocycles. The van der Waals surface area contributed by atoms with Crippen LogP contribution in [-0.4, -0.2) is 89.1 Å². The summed E-state index contributed by atoms with van der Waals surface area (Å²) in [6, 6.07) is 28.8. The van der Waals surface area contributed by atoms with Crippen LogP contribution in [0.4, 0.5) is 0 Å². The summed E-state index contributed by atoms with van der Waals surface area (Å²) in [5.74, 6) is -4.09. The maximum Gasteiger partial charge on any atom is 0.340 e. The van der Waals surface area contributed by atoms with E-state index < -0.39 is 80.8 Å². The molecule has 2 saturated heterocycles. The van der Waals surface area contributed by atoms with Gasteiger partial charge in [0, 0.05) is 29.9 Å². The second kappa shape index (κ2) is 23.0. The van der Waals surface area contributed by atoms with E-state index in [1.54, 1.807) is 84.9 Å². The van der Waals surface area contributed by atoms with Gasteiger partial charge in [-0.15, -0.1) is 0 Å². The molecule has 5 aromatic rings. The first-order chi connectivity index (χ1) is 32.9. The summed E-state index contributed by atoms with van der Waals surface area (Å²) in [5, 5.41) is 9.01. The number of aromatic nitrogens is 1. The van der Waals surface area contributed by atoms with Crippen LogP contribution in [0, 0.1) is 0 Å². The molecule has 0 spiro atoms. The highest BCUT2D eigenvalue weighted by Crippen LogP contribution is 2.51. The number of nitrogens with zero attached hydrogens (tertiary/aromatic N) is 1. The molecule has 4 aromatic carbocycles. The van der Waals surface area contributed by atoms with Crippen molar-refractivity contribution in [2.24, 2.45) is 5.73 Å². The number of nitrogens with two attached hydrogens (primary N) is 1. The van der Waals surface area contributed by atoms with Crippen LogP contribution >= 0.6 is 7.60 Å². The van der Waals surface area contributed by atoms with Crippen LogP contribution in [-0.2, 0) is 55.0 Å². The lowest BCUT2D eigenvalue weighted by Gasteiger charge is -2.35. The molecule has 5 amide bonds. The Morgan fingerprint density at radius 2 is 1.37 bits per heavy atom. The number of hydrogen-bond acceptors (Lipinski definition) is 12. The molecule has 7 rings (SSSR count). The van der Waals surface area contributed by atoms with E-state index in [0.717, 1.165) is 12.0 Å². The minimum absolute atomic E-state index is 0.0318. The van der Waals surface area contributed by atoms with Gasteiger partial charge in [-0.3, -0.25) is 37.6 Å². The smallest absolute Gasteiger partial charge is 0.340 e. The zero-order valence-electron chi connectivity index (χ0n) is 37.1. The number of amides is 5. The van der Waals surface area contributed by atoms with Gasteiger partial charge in [-0.1, -0.05) is 85.6 Å². The highest BCUT2D eigenvalue weighted by Gasteiger charge is 2.44. The molecule has 19 heteroatoms. The summed E-state index contributed by atoms with van der Waals surface area (Å²) in [6.45, 7) is -1.27. The molecule has 0 saturated carbocycles. The number of hydrogen-bond donors (Lipinski definition) is 5. The molecule has 1 aromatic heterocycles. The summed E-state index contributed by atoms with van der Waals surface area (Å²) in [5.41, 5.74) is 7.86. The van der Waals surface area contributed by atoms with Crippen LogP contribution in [0.15, 0.2) is 115 Å². The van der Waals surface area contributed by atoms with Crippen LogP contribution in [0.1, 0.15) is 93.7 Å². The molecule has 0 bridgehead atoms. The van der Waals surface area contributed by atoms with Crippen LogP contribution in [0.2, 0.25) is 0 Å². The second-order valence-corrected chi connectivity index (χ2v) is 18.6. The van der Waals surface area contributed by atoms with Gasteiger partial charge in [0.15, 0.2) is 0 Å².